The molecule has 32 heavy (non-hydrogen) atoms. The van der Waals surface area contributed by atoms with Crippen molar-refractivity contribution >= 4 is 5.82 Å². The van der Waals surface area contributed by atoms with Gasteiger partial charge in [0.15, 0.2) is 5.82 Å². The number of hydrogen-bond donors (Lipinski definition) is 1. The zero-order valence-corrected chi connectivity index (χ0v) is 18.4. The molecule has 0 saturated carbocycles. The number of nitriles is 1. The van der Waals surface area contributed by atoms with E-state index in [0.717, 1.165) is 22.5 Å². The van der Waals surface area contributed by atoms with Gasteiger partial charge in [0, 0.05) is 6.20 Å². The molecule has 0 saturated heterocycles. The van der Waals surface area contributed by atoms with Crippen LogP contribution in [0.15, 0.2) is 55.0 Å². The normalized spacial score (nSPS) is 11.6. The largest absolute Gasteiger partial charge is 0.479 e. The molecule has 1 unspecified atom stereocenters. The van der Waals surface area contributed by atoms with Gasteiger partial charge < -0.3 is 14.6 Å². The monoisotopic (exact) mass is 425 g/mol. The summed E-state index contributed by atoms with van der Waals surface area (Å²) in [5.41, 5.74) is 5.48. The Morgan fingerprint density at radius 1 is 1.09 bits per heavy atom. The van der Waals surface area contributed by atoms with E-state index < -0.39 is 0 Å². The van der Waals surface area contributed by atoms with Crippen molar-refractivity contribution in [3.05, 3.63) is 77.4 Å². The van der Waals surface area contributed by atoms with Crippen molar-refractivity contribution in [1.82, 2.24) is 24.7 Å². The van der Waals surface area contributed by atoms with Crippen LogP contribution in [-0.4, -0.2) is 31.8 Å². The summed E-state index contributed by atoms with van der Waals surface area (Å²) in [5, 5.41) is 21.5. The van der Waals surface area contributed by atoms with Crippen LogP contribution in [0.1, 0.15) is 35.3 Å². The Bertz CT molecular complexity index is 1310. The van der Waals surface area contributed by atoms with Gasteiger partial charge in [0.05, 0.1) is 42.5 Å². The van der Waals surface area contributed by atoms with Gasteiger partial charge in [-0.25, -0.2) is 9.97 Å². The van der Waals surface area contributed by atoms with Gasteiger partial charge in [-0.05, 0) is 56.2 Å². The molecule has 3 heterocycles. The smallest absolute Gasteiger partial charge is 0.238 e. The molecule has 0 radical (unpaired) electrons. The van der Waals surface area contributed by atoms with E-state index in [1.54, 1.807) is 13.4 Å². The minimum Gasteiger partial charge on any atom is -0.479 e. The van der Waals surface area contributed by atoms with E-state index in [4.69, 9.17) is 4.74 Å². The minimum atomic E-state index is -0.0964. The summed E-state index contributed by atoms with van der Waals surface area (Å²) >= 11 is 0. The number of rotatable bonds is 6. The molecule has 4 rings (SSSR count). The van der Waals surface area contributed by atoms with Crippen LogP contribution >= 0.6 is 0 Å². The molecule has 8 nitrogen and oxygen atoms in total. The molecule has 8 heteroatoms. The molecule has 1 N–H and O–H groups in total. The maximum absolute atomic E-state index is 9.36. The molecule has 0 spiro atoms. The Morgan fingerprint density at radius 3 is 2.59 bits per heavy atom. The summed E-state index contributed by atoms with van der Waals surface area (Å²) < 4.78 is 7.37. The van der Waals surface area contributed by atoms with E-state index in [1.165, 1.54) is 0 Å². The minimum absolute atomic E-state index is 0.0964. The van der Waals surface area contributed by atoms with E-state index in [1.807, 2.05) is 74.0 Å². The van der Waals surface area contributed by atoms with Gasteiger partial charge in [0.25, 0.3) is 0 Å². The summed E-state index contributed by atoms with van der Waals surface area (Å²) in [6, 6.07) is 15.4. The van der Waals surface area contributed by atoms with Gasteiger partial charge in [-0.2, -0.15) is 5.26 Å². The second kappa shape index (κ2) is 8.86. The van der Waals surface area contributed by atoms with E-state index in [0.29, 0.717) is 28.6 Å². The quantitative estimate of drug-likeness (QED) is 0.489. The molecule has 160 valence electrons. The number of benzene rings is 1. The summed E-state index contributed by atoms with van der Waals surface area (Å²) in [5.74, 6) is 1.13. The van der Waals surface area contributed by atoms with Crippen molar-refractivity contribution in [2.75, 3.05) is 12.4 Å². The third-order valence-corrected chi connectivity index (χ3v) is 5.17. The van der Waals surface area contributed by atoms with Gasteiger partial charge in [-0.3, -0.25) is 0 Å². The number of pyridine rings is 1. The van der Waals surface area contributed by atoms with Crippen LogP contribution in [0.25, 0.3) is 17.1 Å². The fourth-order valence-electron chi connectivity index (χ4n) is 3.49. The van der Waals surface area contributed by atoms with Crippen molar-refractivity contribution in [3.63, 3.8) is 0 Å². The van der Waals surface area contributed by atoms with Gasteiger partial charge in [0.1, 0.15) is 11.4 Å². The lowest BCUT2D eigenvalue weighted by Crippen LogP contribution is -2.11. The zero-order chi connectivity index (χ0) is 22.7. The first kappa shape index (κ1) is 21.0. The van der Waals surface area contributed by atoms with Crippen LogP contribution in [0, 0.1) is 25.2 Å². The zero-order valence-electron chi connectivity index (χ0n) is 18.4. The number of nitrogens with zero attached hydrogens (tertiary/aromatic N) is 6. The van der Waals surface area contributed by atoms with Crippen LogP contribution in [0.2, 0.25) is 0 Å². The number of aryl methyl sites for hydroxylation is 2. The summed E-state index contributed by atoms with van der Waals surface area (Å²) in [6.45, 7) is 5.88. The van der Waals surface area contributed by atoms with Crippen LogP contribution in [0.3, 0.4) is 0 Å². The standard InChI is InChI=1S/C24H23N7O/c1-15-11-21(20-9-10-22(24(28-20)32-4)31-13-16(2)26-14-31)29-30-23(15)27-17(3)19-8-6-5-7-18(19)12-25/h5-11,13-14,17H,1-4H3,(H,27,30). The fraction of sp³-hybridized carbons (Fsp3) is 0.208. The molecule has 3 aromatic heterocycles. The van der Waals surface area contributed by atoms with Crippen molar-refractivity contribution in [3.8, 4) is 29.0 Å². The molecule has 0 fully saturated rings. The maximum atomic E-state index is 9.36. The van der Waals surface area contributed by atoms with E-state index in [9.17, 15) is 5.26 Å². The molecular weight excluding hydrogens is 402 g/mol. The second-order valence-corrected chi connectivity index (χ2v) is 7.47. The summed E-state index contributed by atoms with van der Waals surface area (Å²) in [4.78, 5) is 8.88. The molecule has 0 aliphatic heterocycles. The average molecular weight is 425 g/mol. The summed E-state index contributed by atoms with van der Waals surface area (Å²) in [7, 11) is 1.59. The van der Waals surface area contributed by atoms with Crippen LogP contribution in [0.5, 0.6) is 5.88 Å². The SMILES string of the molecule is COc1nc(-c2cc(C)c(NC(C)c3ccccc3C#N)nn2)ccc1-n1cnc(C)c1. The lowest BCUT2D eigenvalue weighted by atomic mass is 10.0. The van der Waals surface area contributed by atoms with E-state index >= 15 is 0 Å². The first-order valence-corrected chi connectivity index (χ1v) is 10.2. The Balaban J connectivity index is 1.60. The first-order chi connectivity index (χ1) is 15.5. The number of methoxy groups -OCH3 is 1. The van der Waals surface area contributed by atoms with Crippen molar-refractivity contribution in [2.45, 2.75) is 26.8 Å². The van der Waals surface area contributed by atoms with Gasteiger partial charge >= 0.3 is 0 Å². The number of anilines is 1. The van der Waals surface area contributed by atoms with Gasteiger partial charge in [-0.15, -0.1) is 10.2 Å². The van der Waals surface area contributed by atoms with Crippen molar-refractivity contribution in [2.24, 2.45) is 0 Å². The molecule has 0 amide bonds. The predicted octanol–water partition coefficient (Wildman–Crippen LogP) is 4.39. The Labute approximate surface area is 186 Å². The first-order valence-electron chi connectivity index (χ1n) is 10.2. The van der Waals surface area contributed by atoms with E-state index in [2.05, 4.69) is 31.6 Å². The van der Waals surface area contributed by atoms with E-state index in [-0.39, 0.29) is 6.04 Å². The molecule has 0 bridgehead atoms. The fourth-order valence-corrected chi connectivity index (χ4v) is 3.49. The number of nitrogens with one attached hydrogen (secondary N) is 1. The molecular formula is C24H23N7O. The number of aromatic nitrogens is 5. The van der Waals surface area contributed by atoms with Crippen molar-refractivity contribution < 1.29 is 4.74 Å². The lowest BCUT2D eigenvalue weighted by Gasteiger charge is -2.17. The Hall–Kier alpha value is -4.25. The number of imidazole rings is 1. The number of hydrogen-bond acceptors (Lipinski definition) is 7. The van der Waals surface area contributed by atoms with Crippen LogP contribution < -0.4 is 10.1 Å². The molecule has 0 aliphatic carbocycles. The van der Waals surface area contributed by atoms with Crippen LogP contribution in [0.4, 0.5) is 5.82 Å². The highest BCUT2D eigenvalue weighted by Gasteiger charge is 2.15. The molecule has 0 aliphatic rings. The van der Waals surface area contributed by atoms with Crippen molar-refractivity contribution in [1.29, 1.82) is 5.26 Å². The Morgan fingerprint density at radius 2 is 1.91 bits per heavy atom. The average Bonchev–Trinajstić information content (AvgIpc) is 3.25. The number of ether oxygens (including phenoxy) is 1. The highest BCUT2D eigenvalue weighted by Crippen LogP contribution is 2.27. The second-order valence-electron chi connectivity index (χ2n) is 7.47. The van der Waals surface area contributed by atoms with Gasteiger partial charge in [-0.1, -0.05) is 18.2 Å². The van der Waals surface area contributed by atoms with Crippen LogP contribution in [-0.2, 0) is 0 Å². The maximum Gasteiger partial charge on any atom is 0.238 e. The lowest BCUT2D eigenvalue weighted by molar-refractivity contribution is 0.396. The third-order valence-electron chi connectivity index (χ3n) is 5.17. The Kier molecular flexibility index (Phi) is 5.81. The topological polar surface area (TPSA) is 102 Å². The highest BCUT2D eigenvalue weighted by molar-refractivity contribution is 5.61. The summed E-state index contributed by atoms with van der Waals surface area (Å²) in [6.07, 6.45) is 3.64. The third kappa shape index (κ3) is 4.14. The molecule has 1 atom stereocenters. The van der Waals surface area contributed by atoms with Gasteiger partial charge in [0.2, 0.25) is 5.88 Å². The predicted molar refractivity (Wildman–Crippen MR) is 122 cm³/mol. The highest BCUT2D eigenvalue weighted by atomic mass is 16.5. The molecule has 1 aromatic carbocycles. The molecule has 4 aromatic rings.